The molecule has 0 aliphatic carbocycles. The molecule has 4 rings (SSSR count). The Balaban J connectivity index is 1.42. The van der Waals surface area contributed by atoms with Crippen molar-refractivity contribution in [2.75, 3.05) is 10.6 Å². The molecule has 0 atom stereocenters. The van der Waals surface area contributed by atoms with Gasteiger partial charge in [0.25, 0.3) is 0 Å². The molecule has 2 heterocycles. The predicted molar refractivity (Wildman–Crippen MR) is 135 cm³/mol. The van der Waals surface area contributed by atoms with Gasteiger partial charge in [-0.15, -0.1) is 0 Å². The van der Waals surface area contributed by atoms with E-state index >= 15 is 0 Å². The average molecular weight is 483 g/mol. The number of rotatable bonds is 6. The Hall–Kier alpha value is -3.23. The molecule has 0 bridgehead atoms. The molecule has 2 aromatic carbocycles. The summed E-state index contributed by atoms with van der Waals surface area (Å²) in [6, 6.07) is 13.0. The summed E-state index contributed by atoms with van der Waals surface area (Å²) in [5.74, 6) is -0.357. The molecule has 0 unspecified atom stereocenters. The van der Waals surface area contributed by atoms with Gasteiger partial charge in [-0.2, -0.15) is 10.2 Å². The Morgan fingerprint density at radius 1 is 1.09 bits per heavy atom. The third-order valence-corrected chi connectivity index (χ3v) is 5.87. The first-order chi connectivity index (χ1) is 15.8. The van der Waals surface area contributed by atoms with Crippen molar-refractivity contribution in [3.8, 4) is 0 Å². The van der Waals surface area contributed by atoms with Crippen molar-refractivity contribution in [2.45, 2.75) is 33.9 Å². The topological polar surface area (TPSA) is 59.7 Å². The third-order valence-electron chi connectivity index (χ3n) is 5.31. The number of aromatic nitrogens is 4. The Kier molecular flexibility index (Phi) is 6.76. The van der Waals surface area contributed by atoms with E-state index in [1.54, 1.807) is 23.0 Å². The summed E-state index contributed by atoms with van der Waals surface area (Å²) >= 11 is 11.7. The van der Waals surface area contributed by atoms with Gasteiger partial charge in [-0.25, -0.2) is 4.39 Å². The first kappa shape index (κ1) is 22.9. The van der Waals surface area contributed by atoms with Crippen LogP contribution in [-0.4, -0.2) is 24.7 Å². The molecule has 4 aromatic rings. The molecule has 2 N–H and O–H groups in total. The van der Waals surface area contributed by atoms with E-state index in [2.05, 4.69) is 46.0 Å². The van der Waals surface area contributed by atoms with Crippen LogP contribution in [-0.2, 0) is 13.1 Å². The number of nitrogens with one attached hydrogen (secondary N) is 2. The molecule has 0 radical (unpaired) electrons. The Labute approximate surface area is 202 Å². The summed E-state index contributed by atoms with van der Waals surface area (Å²) in [5.41, 5.74) is 5.92. The van der Waals surface area contributed by atoms with E-state index < -0.39 is 0 Å². The lowest BCUT2D eigenvalue weighted by atomic mass is 10.1. The molecular weight excluding hydrogens is 459 g/mol. The Morgan fingerprint density at radius 3 is 2.64 bits per heavy atom. The number of hydrogen-bond donors (Lipinski definition) is 2. The third kappa shape index (κ3) is 5.40. The molecule has 6 nitrogen and oxygen atoms in total. The maximum atomic E-state index is 14.2. The van der Waals surface area contributed by atoms with Crippen LogP contribution < -0.4 is 10.6 Å². The number of thiocarbonyl (C=S) groups is 1. The molecule has 0 aliphatic heterocycles. The van der Waals surface area contributed by atoms with Crippen LogP contribution in [0.25, 0.3) is 0 Å². The summed E-state index contributed by atoms with van der Waals surface area (Å²) < 4.78 is 17.8. The normalized spacial score (nSPS) is 10.9. The highest BCUT2D eigenvalue weighted by molar-refractivity contribution is 7.80. The molecule has 2 aromatic heterocycles. The average Bonchev–Trinajstić information content (AvgIpc) is 3.29. The molecule has 9 heteroatoms. The van der Waals surface area contributed by atoms with Gasteiger partial charge in [0.1, 0.15) is 5.82 Å². The van der Waals surface area contributed by atoms with Gasteiger partial charge < -0.3 is 10.6 Å². The lowest BCUT2D eigenvalue weighted by Gasteiger charge is -2.11. The molecule has 170 valence electrons. The minimum Gasteiger partial charge on any atom is -0.330 e. The molecule has 0 amide bonds. The van der Waals surface area contributed by atoms with Crippen molar-refractivity contribution >= 4 is 40.3 Å². The number of aryl methyl sites for hydroxylation is 2. The van der Waals surface area contributed by atoms with Crippen LogP contribution >= 0.6 is 23.8 Å². The summed E-state index contributed by atoms with van der Waals surface area (Å²) in [6.45, 7) is 6.75. The molecule has 0 aliphatic rings. The highest BCUT2D eigenvalue weighted by Gasteiger charge is 2.16. The first-order valence-electron chi connectivity index (χ1n) is 10.4. The van der Waals surface area contributed by atoms with Crippen LogP contribution in [0.15, 0.2) is 54.9 Å². The van der Waals surface area contributed by atoms with Crippen molar-refractivity contribution in [1.29, 1.82) is 0 Å². The highest BCUT2D eigenvalue weighted by Crippen LogP contribution is 2.24. The van der Waals surface area contributed by atoms with Gasteiger partial charge in [-0.1, -0.05) is 47.5 Å². The number of nitrogens with zero attached hydrogens (tertiary/aromatic N) is 4. The summed E-state index contributed by atoms with van der Waals surface area (Å²) in [6.07, 6.45) is 3.63. The van der Waals surface area contributed by atoms with E-state index in [4.69, 9.17) is 23.8 Å². The number of benzene rings is 2. The van der Waals surface area contributed by atoms with E-state index in [1.807, 2.05) is 30.8 Å². The van der Waals surface area contributed by atoms with Gasteiger partial charge in [-0.05, 0) is 50.7 Å². The largest absolute Gasteiger partial charge is 0.330 e. The van der Waals surface area contributed by atoms with Gasteiger partial charge in [0.15, 0.2) is 5.11 Å². The standard InChI is InChI=1S/C24H24ClFN6S/c1-15-6-4-7-18(10-15)12-31-13-19(11-27-31)28-24(33)29-23-16(2)30-32(17(23)3)14-20-21(25)8-5-9-22(20)26/h4-11,13H,12,14H2,1-3H3,(H2,28,29,33). The van der Waals surface area contributed by atoms with Crippen molar-refractivity contribution in [1.82, 2.24) is 19.6 Å². The second kappa shape index (κ2) is 9.72. The minimum absolute atomic E-state index is 0.228. The number of anilines is 2. The number of hydrogen-bond acceptors (Lipinski definition) is 3. The molecule has 0 spiro atoms. The van der Waals surface area contributed by atoms with E-state index in [1.165, 1.54) is 17.2 Å². The maximum Gasteiger partial charge on any atom is 0.175 e. The summed E-state index contributed by atoms with van der Waals surface area (Å²) in [4.78, 5) is 0. The SMILES string of the molecule is Cc1cccc(Cn2cc(NC(=S)Nc3c(C)nn(Cc4c(F)cccc4Cl)c3C)cn2)c1. The second-order valence-electron chi connectivity index (χ2n) is 7.90. The fraction of sp³-hybridized carbons (Fsp3) is 0.208. The second-order valence-corrected chi connectivity index (χ2v) is 8.71. The van der Waals surface area contributed by atoms with Crippen LogP contribution in [0.3, 0.4) is 0 Å². The van der Waals surface area contributed by atoms with E-state index in [0.717, 1.165) is 22.8 Å². The fourth-order valence-corrected chi connectivity index (χ4v) is 4.10. The van der Waals surface area contributed by atoms with E-state index in [-0.39, 0.29) is 12.4 Å². The lowest BCUT2D eigenvalue weighted by molar-refractivity contribution is 0.579. The van der Waals surface area contributed by atoms with Gasteiger partial charge in [0.05, 0.1) is 42.0 Å². The smallest absolute Gasteiger partial charge is 0.175 e. The van der Waals surface area contributed by atoms with Gasteiger partial charge >= 0.3 is 0 Å². The van der Waals surface area contributed by atoms with E-state index in [9.17, 15) is 4.39 Å². The van der Waals surface area contributed by atoms with Crippen molar-refractivity contribution in [3.05, 3.63) is 93.8 Å². The first-order valence-corrected chi connectivity index (χ1v) is 11.2. The Bertz CT molecular complexity index is 1290. The molecule has 0 saturated carbocycles. The lowest BCUT2D eigenvalue weighted by Crippen LogP contribution is -2.19. The van der Waals surface area contributed by atoms with Crippen LogP contribution in [0.5, 0.6) is 0 Å². The number of halogens is 2. The molecule has 0 saturated heterocycles. The maximum absolute atomic E-state index is 14.2. The van der Waals surface area contributed by atoms with Gasteiger partial charge in [-0.3, -0.25) is 9.36 Å². The van der Waals surface area contributed by atoms with Gasteiger partial charge in [0.2, 0.25) is 0 Å². The summed E-state index contributed by atoms with van der Waals surface area (Å²) in [5, 5.41) is 16.1. The van der Waals surface area contributed by atoms with Crippen LogP contribution in [0.2, 0.25) is 5.02 Å². The van der Waals surface area contributed by atoms with Crippen molar-refractivity contribution in [2.24, 2.45) is 0 Å². The molecule has 0 fully saturated rings. The van der Waals surface area contributed by atoms with Gasteiger partial charge in [0, 0.05) is 16.8 Å². The summed E-state index contributed by atoms with van der Waals surface area (Å²) in [7, 11) is 0. The monoisotopic (exact) mass is 482 g/mol. The van der Waals surface area contributed by atoms with Crippen molar-refractivity contribution < 1.29 is 4.39 Å². The quantitative estimate of drug-likeness (QED) is 0.345. The minimum atomic E-state index is -0.357. The predicted octanol–water partition coefficient (Wildman–Crippen LogP) is 5.70. The Morgan fingerprint density at radius 2 is 1.88 bits per heavy atom. The van der Waals surface area contributed by atoms with Crippen LogP contribution in [0.4, 0.5) is 15.8 Å². The molecular formula is C24H24ClFN6S. The fourth-order valence-electron chi connectivity index (χ4n) is 3.65. The zero-order valence-corrected chi connectivity index (χ0v) is 20.1. The van der Waals surface area contributed by atoms with Crippen LogP contribution in [0, 0.1) is 26.6 Å². The molecule has 33 heavy (non-hydrogen) atoms. The highest BCUT2D eigenvalue weighted by atomic mass is 35.5. The van der Waals surface area contributed by atoms with E-state index in [0.29, 0.717) is 22.2 Å². The zero-order chi connectivity index (χ0) is 23.5. The van der Waals surface area contributed by atoms with Crippen molar-refractivity contribution in [3.63, 3.8) is 0 Å². The zero-order valence-electron chi connectivity index (χ0n) is 18.6. The van der Waals surface area contributed by atoms with Crippen LogP contribution in [0.1, 0.15) is 28.1 Å².